The van der Waals surface area contributed by atoms with Crippen molar-refractivity contribution in [3.05, 3.63) is 0 Å². The summed E-state index contributed by atoms with van der Waals surface area (Å²) in [6.45, 7) is 0.773. The molecule has 2 unspecified atom stereocenters. The molecule has 2 atom stereocenters. The topological polar surface area (TPSA) is 147 Å². The molecule has 0 aliphatic heterocycles. The Kier molecular flexibility index (Phi) is 9.00. The summed E-state index contributed by atoms with van der Waals surface area (Å²) in [5.41, 5.74) is 0. The van der Waals surface area contributed by atoms with E-state index < -0.39 is 43.1 Å². The van der Waals surface area contributed by atoms with E-state index in [9.17, 15) is 24.3 Å². The van der Waals surface area contributed by atoms with Gasteiger partial charge in [0, 0.05) is 18.6 Å². The average Bonchev–Trinajstić information content (AvgIpc) is 2.52. The van der Waals surface area contributed by atoms with Gasteiger partial charge in [0.15, 0.2) is 0 Å². The van der Waals surface area contributed by atoms with Crippen LogP contribution in [0.25, 0.3) is 0 Å². The van der Waals surface area contributed by atoms with Crippen molar-refractivity contribution in [3.8, 4) is 0 Å². The fraction of sp³-hybridized carbons (Fsp3) is 0.750. The van der Waals surface area contributed by atoms with E-state index in [4.69, 9.17) is 10.2 Å². The normalized spacial score (nSPS) is 20.1. The summed E-state index contributed by atoms with van der Waals surface area (Å²) >= 11 is 0. The number of carbonyl (C=O) groups excluding carboxylic acids is 1. The number of carboxylic acids is 3. The molecule has 1 aliphatic rings. The van der Waals surface area contributed by atoms with Gasteiger partial charge in [0.05, 0.1) is 26.2 Å². The third kappa shape index (κ3) is 7.36. The van der Waals surface area contributed by atoms with Gasteiger partial charge in [0.25, 0.3) is 0 Å². The monoisotopic (exact) mass is 373 g/mol. The number of likely N-dealkylation sites (N-methyl/N-ethyl adjacent to an activating group) is 1. The van der Waals surface area contributed by atoms with Crippen molar-refractivity contribution >= 4 is 23.8 Å². The molecule has 0 spiro atoms. The molecule has 0 aromatic carbocycles. The molecule has 148 valence electrons. The van der Waals surface area contributed by atoms with Crippen LogP contribution in [0.2, 0.25) is 0 Å². The van der Waals surface area contributed by atoms with Crippen LogP contribution in [0.4, 0.5) is 0 Å². The van der Waals surface area contributed by atoms with E-state index in [1.165, 1.54) is 9.80 Å². The molecule has 0 heterocycles. The molecule has 1 fully saturated rings. The lowest BCUT2D eigenvalue weighted by molar-refractivity contribution is -0.147. The molecule has 0 radical (unpaired) electrons. The quantitative estimate of drug-likeness (QED) is 0.369. The minimum absolute atomic E-state index is 0.130. The number of nitrogens with zero attached hydrogens (tertiary/aromatic N) is 2. The standard InChI is InChI=1S/C16H27N3O7/c1-2-17-13(20)7-18(8-14(21)22)11-5-3-4-6-12(11)19(9-15(23)24)10-16(25)26/h11-12H,2-10H2,1H3,(H,17,20)(H,21,22)(H,23,24)(H,25,26). The maximum absolute atomic E-state index is 12.0. The highest BCUT2D eigenvalue weighted by atomic mass is 16.4. The Bertz CT molecular complexity index is 510. The zero-order chi connectivity index (χ0) is 19.7. The molecule has 1 aliphatic carbocycles. The second-order valence-corrected chi connectivity index (χ2v) is 6.36. The Labute approximate surface area is 151 Å². The number of carboxylic acid groups (broad SMARTS) is 3. The smallest absolute Gasteiger partial charge is 0.317 e. The number of aliphatic carboxylic acids is 3. The largest absolute Gasteiger partial charge is 0.480 e. The molecule has 1 rings (SSSR count). The summed E-state index contributed by atoms with van der Waals surface area (Å²) in [4.78, 5) is 48.4. The average molecular weight is 373 g/mol. The van der Waals surface area contributed by atoms with Crippen molar-refractivity contribution in [2.24, 2.45) is 0 Å². The fourth-order valence-electron chi connectivity index (χ4n) is 3.48. The van der Waals surface area contributed by atoms with Gasteiger partial charge in [-0.05, 0) is 19.8 Å². The van der Waals surface area contributed by atoms with Gasteiger partial charge in [0.2, 0.25) is 5.91 Å². The first kappa shape index (κ1) is 21.8. The second kappa shape index (κ2) is 10.7. The Morgan fingerprint density at radius 3 is 1.54 bits per heavy atom. The minimum Gasteiger partial charge on any atom is -0.480 e. The Morgan fingerprint density at radius 2 is 1.19 bits per heavy atom. The van der Waals surface area contributed by atoms with Crippen LogP contribution in [-0.2, 0) is 19.2 Å². The van der Waals surface area contributed by atoms with E-state index in [0.29, 0.717) is 19.4 Å². The highest BCUT2D eigenvalue weighted by molar-refractivity contribution is 5.79. The van der Waals surface area contributed by atoms with Gasteiger partial charge in [-0.3, -0.25) is 29.0 Å². The molecule has 0 saturated heterocycles. The third-order valence-electron chi connectivity index (χ3n) is 4.37. The van der Waals surface area contributed by atoms with Crippen LogP contribution < -0.4 is 5.32 Å². The summed E-state index contributed by atoms with van der Waals surface area (Å²) in [6, 6.07) is -0.842. The first-order valence-electron chi connectivity index (χ1n) is 8.64. The van der Waals surface area contributed by atoms with Crippen molar-refractivity contribution in [3.63, 3.8) is 0 Å². The molecule has 0 bridgehead atoms. The van der Waals surface area contributed by atoms with Crippen LogP contribution in [-0.4, -0.2) is 93.7 Å². The Balaban J connectivity index is 3.04. The van der Waals surface area contributed by atoms with E-state index in [-0.39, 0.29) is 19.0 Å². The molecule has 0 aromatic heterocycles. The van der Waals surface area contributed by atoms with E-state index in [0.717, 1.165) is 12.8 Å². The van der Waals surface area contributed by atoms with Crippen LogP contribution in [0.5, 0.6) is 0 Å². The molecule has 1 amide bonds. The van der Waals surface area contributed by atoms with Crippen LogP contribution >= 0.6 is 0 Å². The van der Waals surface area contributed by atoms with Crippen LogP contribution in [0.1, 0.15) is 32.6 Å². The maximum Gasteiger partial charge on any atom is 0.317 e. The molecular weight excluding hydrogens is 346 g/mol. The van der Waals surface area contributed by atoms with E-state index >= 15 is 0 Å². The van der Waals surface area contributed by atoms with Crippen molar-refractivity contribution in [1.82, 2.24) is 15.1 Å². The second-order valence-electron chi connectivity index (χ2n) is 6.36. The van der Waals surface area contributed by atoms with Crippen molar-refractivity contribution in [2.45, 2.75) is 44.7 Å². The van der Waals surface area contributed by atoms with Crippen LogP contribution in [0.3, 0.4) is 0 Å². The van der Waals surface area contributed by atoms with Gasteiger partial charge in [-0.15, -0.1) is 0 Å². The zero-order valence-corrected chi connectivity index (χ0v) is 14.9. The maximum atomic E-state index is 12.0. The highest BCUT2D eigenvalue weighted by Gasteiger charge is 2.37. The highest BCUT2D eigenvalue weighted by Crippen LogP contribution is 2.27. The SMILES string of the molecule is CCNC(=O)CN(CC(=O)O)C1CCCCC1N(CC(=O)O)CC(=O)O. The van der Waals surface area contributed by atoms with Gasteiger partial charge in [-0.2, -0.15) is 0 Å². The lowest BCUT2D eigenvalue weighted by Gasteiger charge is -2.43. The molecule has 1 saturated carbocycles. The number of hydrogen-bond donors (Lipinski definition) is 4. The Morgan fingerprint density at radius 1 is 0.808 bits per heavy atom. The number of amides is 1. The summed E-state index contributed by atoms with van der Waals surface area (Å²) in [6.07, 6.45) is 2.73. The van der Waals surface area contributed by atoms with Crippen molar-refractivity contribution < 1.29 is 34.5 Å². The van der Waals surface area contributed by atoms with E-state index in [1.54, 1.807) is 6.92 Å². The van der Waals surface area contributed by atoms with Crippen molar-refractivity contribution in [2.75, 3.05) is 32.7 Å². The predicted molar refractivity (Wildman–Crippen MR) is 90.8 cm³/mol. The van der Waals surface area contributed by atoms with Crippen LogP contribution in [0.15, 0.2) is 0 Å². The fourth-order valence-corrected chi connectivity index (χ4v) is 3.48. The number of carbonyl (C=O) groups is 4. The lowest BCUT2D eigenvalue weighted by Crippen LogP contribution is -2.58. The summed E-state index contributed by atoms with van der Waals surface area (Å²) in [5, 5.41) is 30.0. The lowest BCUT2D eigenvalue weighted by atomic mass is 9.87. The van der Waals surface area contributed by atoms with E-state index in [2.05, 4.69) is 5.32 Å². The van der Waals surface area contributed by atoms with E-state index in [1.807, 2.05) is 0 Å². The van der Waals surface area contributed by atoms with Gasteiger partial charge in [-0.25, -0.2) is 0 Å². The zero-order valence-electron chi connectivity index (χ0n) is 14.9. The molecule has 0 aromatic rings. The summed E-state index contributed by atoms with van der Waals surface area (Å²) in [7, 11) is 0. The number of hydrogen-bond acceptors (Lipinski definition) is 6. The number of rotatable bonds is 11. The molecule has 10 heteroatoms. The molecule has 26 heavy (non-hydrogen) atoms. The first-order valence-corrected chi connectivity index (χ1v) is 8.64. The van der Waals surface area contributed by atoms with Gasteiger partial charge < -0.3 is 20.6 Å². The van der Waals surface area contributed by atoms with Crippen molar-refractivity contribution in [1.29, 1.82) is 0 Å². The summed E-state index contributed by atoms with van der Waals surface area (Å²) in [5.74, 6) is -3.71. The van der Waals surface area contributed by atoms with Crippen LogP contribution in [0, 0.1) is 0 Å². The third-order valence-corrected chi connectivity index (χ3v) is 4.37. The minimum atomic E-state index is -1.15. The number of nitrogens with one attached hydrogen (secondary N) is 1. The molecular formula is C16H27N3O7. The first-order chi connectivity index (χ1) is 12.2. The molecule has 10 nitrogen and oxygen atoms in total. The van der Waals surface area contributed by atoms with Gasteiger partial charge >= 0.3 is 17.9 Å². The van der Waals surface area contributed by atoms with Gasteiger partial charge in [-0.1, -0.05) is 12.8 Å². The predicted octanol–water partition coefficient (Wildman–Crippen LogP) is -0.708. The Hall–Kier alpha value is -2.20. The molecule has 4 N–H and O–H groups in total. The summed E-state index contributed by atoms with van der Waals surface area (Å²) < 4.78 is 0. The van der Waals surface area contributed by atoms with Gasteiger partial charge in [0.1, 0.15) is 0 Å².